The Morgan fingerprint density at radius 3 is 0.921 bits per heavy atom. The van der Waals surface area contributed by atoms with Crippen LogP contribution in [-0.4, -0.2) is 49.3 Å². The minimum Gasteiger partial charge on any atom is -0.462 e. The molecule has 0 fully saturated rings. The summed E-state index contributed by atoms with van der Waals surface area (Å²) in [7, 11) is -4.41. The predicted molar refractivity (Wildman–Crippen MR) is 385 cm³/mol. The fourth-order valence-corrected chi connectivity index (χ4v) is 10.9. The van der Waals surface area contributed by atoms with Gasteiger partial charge in [-0.2, -0.15) is 0 Å². The number of nitrogens with two attached hydrogens (primary N) is 1. The van der Waals surface area contributed by atoms with E-state index in [-0.39, 0.29) is 38.6 Å². The third kappa shape index (κ3) is 73.1. The summed E-state index contributed by atoms with van der Waals surface area (Å²) in [5.74, 6) is -0.854. The van der Waals surface area contributed by atoms with Crippen molar-refractivity contribution in [2.75, 3.05) is 26.4 Å². The Morgan fingerprint density at radius 1 is 0.348 bits per heavy atom. The largest absolute Gasteiger partial charge is 0.472 e. The fourth-order valence-electron chi connectivity index (χ4n) is 10.1. The standard InChI is InChI=1S/C79H136NO8P/c1-3-5-7-9-11-13-15-17-19-21-23-25-27-29-31-33-34-35-36-37-38-39-40-41-42-44-45-47-49-51-53-55-57-59-61-63-65-67-69-71-78(81)85-75-77(76-87-89(83,84)86-74-73-80)88-79(82)72-70-68-66-64-62-60-58-56-54-52-50-48-46-43-32-30-28-26-24-22-20-18-16-14-12-10-8-6-4-2/h6,8,12,14-15,17-18,20-21,23-24,26-27,29-30,32,46,48,52,54,58,60,77H,3-5,7,9-11,13,16,19,22,25,28,31,33-45,47,49-51,53,55-57,59,61-76,80H2,1-2H3,(H,83,84)/b8-6-,14-12-,17-15-,20-18-,23-21-,26-24-,29-27-,32-30-,48-46-,54-52-,60-58-. The Morgan fingerprint density at radius 2 is 0.618 bits per heavy atom. The molecule has 10 heteroatoms. The number of allylic oxidation sites excluding steroid dienone is 22. The number of rotatable bonds is 68. The van der Waals surface area contributed by atoms with Gasteiger partial charge in [-0.3, -0.25) is 18.6 Å². The van der Waals surface area contributed by atoms with Gasteiger partial charge >= 0.3 is 19.8 Å². The molecule has 3 N–H and O–H groups in total. The average Bonchev–Trinajstić information content (AvgIpc) is 3.68. The SMILES string of the molecule is CC/C=C\C/C=C\C/C=C\C/C=C\C/C=C\C/C=C\C/C=C\C/C=C\CCCCCCC(=O)OC(COC(=O)CCCCCCCCCCCCCCCCCCCCCCCCCC/C=C\C/C=C\C/C=C\CCCCCCC)COP(=O)(O)OCCN. The lowest BCUT2D eigenvalue weighted by Gasteiger charge is -2.19. The Balaban J connectivity index is 3.89. The number of esters is 2. The van der Waals surface area contributed by atoms with Gasteiger partial charge in [0.1, 0.15) is 6.61 Å². The van der Waals surface area contributed by atoms with E-state index < -0.39 is 26.5 Å². The Labute approximate surface area is 548 Å². The molecule has 0 rings (SSSR count). The van der Waals surface area contributed by atoms with Crippen LogP contribution in [0.2, 0.25) is 0 Å². The molecular formula is C79H136NO8P. The maximum absolute atomic E-state index is 12.8. The summed E-state index contributed by atoms with van der Waals surface area (Å²) in [6.07, 6.45) is 104. The molecule has 0 aromatic rings. The molecule has 0 aromatic heterocycles. The molecule has 0 aliphatic heterocycles. The highest BCUT2D eigenvalue weighted by Gasteiger charge is 2.26. The second-order valence-corrected chi connectivity index (χ2v) is 25.5. The summed E-state index contributed by atoms with van der Waals surface area (Å²) in [5.41, 5.74) is 5.40. The van der Waals surface area contributed by atoms with Gasteiger partial charge in [-0.05, 0) is 116 Å². The van der Waals surface area contributed by atoms with E-state index in [4.69, 9.17) is 24.3 Å². The highest BCUT2D eigenvalue weighted by molar-refractivity contribution is 7.47. The van der Waals surface area contributed by atoms with Crippen molar-refractivity contribution < 1.29 is 37.6 Å². The molecule has 510 valence electrons. The molecule has 9 nitrogen and oxygen atoms in total. The first-order chi connectivity index (χ1) is 43.8. The molecule has 0 heterocycles. The quantitative estimate of drug-likeness (QED) is 0.0264. The van der Waals surface area contributed by atoms with Gasteiger partial charge < -0.3 is 20.1 Å². The highest BCUT2D eigenvalue weighted by atomic mass is 31.2. The van der Waals surface area contributed by atoms with Crippen LogP contribution in [0.3, 0.4) is 0 Å². The summed E-state index contributed by atoms with van der Waals surface area (Å²) < 4.78 is 33.2. The monoisotopic (exact) mass is 1260 g/mol. The van der Waals surface area contributed by atoms with Crippen LogP contribution in [0.1, 0.15) is 322 Å². The number of unbranched alkanes of at least 4 members (excludes halogenated alkanes) is 33. The van der Waals surface area contributed by atoms with Gasteiger partial charge in [0.2, 0.25) is 0 Å². The van der Waals surface area contributed by atoms with Crippen molar-refractivity contribution in [1.29, 1.82) is 0 Å². The topological polar surface area (TPSA) is 134 Å². The summed E-state index contributed by atoms with van der Waals surface area (Å²) in [6.45, 7) is 3.61. The third-order valence-corrected chi connectivity index (χ3v) is 16.5. The number of ether oxygens (including phenoxy) is 2. The summed E-state index contributed by atoms with van der Waals surface area (Å²) >= 11 is 0. The lowest BCUT2D eigenvalue weighted by molar-refractivity contribution is -0.161. The van der Waals surface area contributed by atoms with Gasteiger partial charge in [-0.1, -0.05) is 327 Å². The molecular weight excluding hydrogens is 1120 g/mol. The molecule has 2 unspecified atom stereocenters. The minimum atomic E-state index is -4.41. The first kappa shape index (κ1) is 85.2. The number of hydrogen-bond acceptors (Lipinski definition) is 8. The van der Waals surface area contributed by atoms with Crippen LogP contribution >= 0.6 is 7.82 Å². The molecule has 2 atom stereocenters. The first-order valence-corrected chi connectivity index (χ1v) is 38.2. The molecule has 0 aromatic carbocycles. The van der Waals surface area contributed by atoms with Gasteiger partial charge in [0, 0.05) is 19.4 Å². The number of hydrogen-bond donors (Lipinski definition) is 2. The molecule has 0 radical (unpaired) electrons. The van der Waals surface area contributed by atoms with Gasteiger partial charge in [0.15, 0.2) is 6.10 Å². The molecule has 0 saturated heterocycles. The van der Waals surface area contributed by atoms with Crippen LogP contribution in [0.25, 0.3) is 0 Å². The van der Waals surface area contributed by atoms with Crippen LogP contribution in [0.15, 0.2) is 134 Å². The van der Waals surface area contributed by atoms with Gasteiger partial charge in [-0.15, -0.1) is 0 Å². The summed E-state index contributed by atoms with van der Waals surface area (Å²) in [6, 6.07) is 0. The Bertz CT molecular complexity index is 1920. The zero-order valence-electron chi connectivity index (χ0n) is 57.4. The number of carbonyl (C=O) groups is 2. The van der Waals surface area contributed by atoms with Gasteiger partial charge in [-0.25, -0.2) is 4.57 Å². The van der Waals surface area contributed by atoms with Crippen molar-refractivity contribution in [2.24, 2.45) is 5.73 Å². The van der Waals surface area contributed by atoms with Crippen LogP contribution in [0, 0.1) is 0 Å². The van der Waals surface area contributed by atoms with E-state index in [9.17, 15) is 19.0 Å². The maximum Gasteiger partial charge on any atom is 0.472 e. The molecule has 0 spiro atoms. The van der Waals surface area contributed by atoms with Crippen LogP contribution < -0.4 is 5.73 Å². The Hall–Kier alpha value is -3.85. The number of phosphoric acid groups is 1. The molecule has 0 bridgehead atoms. The van der Waals surface area contributed by atoms with Crippen molar-refractivity contribution in [3.8, 4) is 0 Å². The fraction of sp³-hybridized carbons (Fsp3) is 0.696. The normalized spacial score (nSPS) is 13.7. The second kappa shape index (κ2) is 73.2. The van der Waals surface area contributed by atoms with E-state index in [0.29, 0.717) is 6.42 Å². The lowest BCUT2D eigenvalue weighted by Crippen LogP contribution is -2.29. The molecule has 0 aliphatic carbocycles. The average molecular weight is 1260 g/mol. The van der Waals surface area contributed by atoms with E-state index in [1.54, 1.807) is 0 Å². The lowest BCUT2D eigenvalue weighted by atomic mass is 10.0. The van der Waals surface area contributed by atoms with Crippen molar-refractivity contribution in [1.82, 2.24) is 0 Å². The van der Waals surface area contributed by atoms with Gasteiger partial charge in [0.05, 0.1) is 13.2 Å². The molecule has 89 heavy (non-hydrogen) atoms. The molecule has 0 aliphatic rings. The number of carbonyl (C=O) groups excluding carboxylic acids is 2. The van der Waals surface area contributed by atoms with E-state index in [1.165, 1.54) is 180 Å². The van der Waals surface area contributed by atoms with E-state index in [2.05, 4.69) is 148 Å². The smallest absolute Gasteiger partial charge is 0.462 e. The number of phosphoric ester groups is 1. The Kier molecular flexibility index (Phi) is 70.0. The van der Waals surface area contributed by atoms with Crippen LogP contribution in [0.4, 0.5) is 0 Å². The molecule has 0 saturated carbocycles. The van der Waals surface area contributed by atoms with E-state index in [0.717, 1.165) is 109 Å². The van der Waals surface area contributed by atoms with Crippen LogP contribution in [-0.2, 0) is 32.7 Å². The third-order valence-electron chi connectivity index (χ3n) is 15.5. The van der Waals surface area contributed by atoms with Crippen molar-refractivity contribution in [3.05, 3.63) is 134 Å². The first-order valence-electron chi connectivity index (χ1n) is 36.7. The zero-order chi connectivity index (χ0) is 64.4. The summed E-state index contributed by atoms with van der Waals surface area (Å²) in [4.78, 5) is 35.4. The zero-order valence-corrected chi connectivity index (χ0v) is 58.3. The van der Waals surface area contributed by atoms with Gasteiger partial charge in [0.25, 0.3) is 0 Å². The van der Waals surface area contributed by atoms with Crippen molar-refractivity contribution in [2.45, 2.75) is 328 Å². The second-order valence-electron chi connectivity index (χ2n) is 24.1. The maximum atomic E-state index is 12.8. The predicted octanol–water partition coefficient (Wildman–Crippen LogP) is 24.4. The van der Waals surface area contributed by atoms with E-state index in [1.807, 2.05) is 0 Å². The van der Waals surface area contributed by atoms with Crippen molar-refractivity contribution in [3.63, 3.8) is 0 Å². The summed E-state index contributed by atoms with van der Waals surface area (Å²) in [5, 5.41) is 0. The minimum absolute atomic E-state index is 0.0435. The highest BCUT2D eigenvalue weighted by Crippen LogP contribution is 2.43. The van der Waals surface area contributed by atoms with Crippen LogP contribution in [0.5, 0.6) is 0 Å². The van der Waals surface area contributed by atoms with E-state index >= 15 is 0 Å². The molecule has 0 amide bonds. The van der Waals surface area contributed by atoms with Crippen molar-refractivity contribution >= 4 is 19.8 Å².